The van der Waals surface area contributed by atoms with Gasteiger partial charge in [-0.1, -0.05) is 30.0 Å². The van der Waals surface area contributed by atoms with Crippen LogP contribution in [0.25, 0.3) is 0 Å². The number of carbonyl (C=O) groups excluding carboxylic acids is 2. The summed E-state index contributed by atoms with van der Waals surface area (Å²) in [6, 6.07) is 11.1. The zero-order chi connectivity index (χ0) is 18.0. The zero-order valence-corrected chi connectivity index (χ0v) is 15.5. The van der Waals surface area contributed by atoms with Crippen molar-refractivity contribution in [1.29, 1.82) is 0 Å². The second kappa shape index (κ2) is 7.34. The molecule has 4 rings (SSSR count). The molecule has 131 valence electrons. The minimum absolute atomic E-state index is 0.163. The molecule has 9 heteroatoms. The van der Waals surface area contributed by atoms with Crippen LogP contribution in [0.4, 0.5) is 0 Å². The fourth-order valence-corrected chi connectivity index (χ4v) is 5.37. The summed E-state index contributed by atoms with van der Waals surface area (Å²) in [7, 11) is 1.57. The lowest BCUT2D eigenvalue weighted by molar-refractivity contribution is 0.0977. The Morgan fingerprint density at radius 2 is 2.19 bits per heavy atom. The Hall–Kier alpha value is -1.97. The number of aromatic nitrogens is 1. The number of carbonyl (C=O) groups is 2. The summed E-state index contributed by atoms with van der Waals surface area (Å²) in [6.45, 7) is 1.39. The van der Waals surface area contributed by atoms with Crippen LogP contribution < -0.4 is 5.32 Å². The van der Waals surface area contributed by atoms with E-state index in [2.05, 4.69) is 9.69 Å². The molecule has 2 unspecified atom stereocenters. The van der Waals surface area contributed by atoms with Gasteiger partial charge in [-0.2, -0.15) is 0 Å². The molecule has 26 heavy (non-hydrogen) atoms. The number of aliphatic imine (C=N–C) groups is 1. The Kier molecular flexibility index (Phi) is 4.93. The first-order chi connectivity index (χ1) is 12.7. The van der Waals surface area contributed by atoms with Gasteiger partial charge < -0.3 is 14.9 Å². The van der Waals surface area contributed by atoms with Gasteiger partial charge in [-0.3, -0.25) is 4.79 Å². The predicted octanol–water partition coefficient (Wildman–Crippen LogP) is 1.61. The van der Waals surface area contributed by atoms with Crippen molar-refractivity contribution in [2.24, 2.45) is 10.9 Å². The highest BCUT2D eigenvalue weighted by molar-refractivity contribution is 8.13. The van der Waals surface area contributed by atoms with E-state index in [1.54, 1.807) is 37.5 Å². The maximum Gasteiger partial charge on any atom is 0.293 e. The third kappa shape index (κ3) is 3.22. The summed E-state index contributed by atoms with van der Waals surface area (Å²) in [5.74, 6) is 0.931. The van der Waals surface area contributed by atoms with E-state index in [1.807, 2.05) is 29.1 Å². The van der Waals surface area contributed by atoms with E-state index in [4.69, 9.17) is 4.99 Å². The first-order valence-electron chi connectivity index (χ1n) is 8.24. The molecule has 1 fully saturated rings. The van der Waals surface area contributed by atoms with Crippen molar-refractivity contribution in [3.05, 3.63) is 53.0 Å². The number of hydrogen-bond donors (Lipinski definition) is 1. The van der Waals surface area contributed by atoms with Gasteiger partial charge in [0.05, 0.1) is 11.1 Å². The molecule has 1 saturated heterocycles. The lowest BCUT2D eigenvalue weighted by Crippen LogP contribution is -2.42. The Bertz CT molecular complexity index is 831. The Morgan fingerprint density at radius 1 is 1.35 bits per heavy atom. The van der Waals surface area contributed by atoms with Crippen molar-refractivity contribution in [3.63, 3.8) is 0 Å². The van der Waals surface area contributed by atoms with Crippen molar-refractivity contribution >= 4 is 48.0 Å². The fourth-order valence-electron chi connectivity index (χ4n) is 3.44. The van der Waals surface area contributed by atoms with Crippen LogP contribution in [0.1, 0.15) is 15.2 Å². The molecule has 6 nitrogen and oxygen atoms in total. The van der Waals surface area contributed by atoms with Gasteiger partial charge >= 0.3 is 0 Å². The molecular weight excluding hydrogens is 367 g/mol. The smallest absolute Gasteiger partial charge is 0.293 e. The lowest BCUT2D eigenvalue weighted by atomic mass is 9.87. The minimum atomic E-state index is -0.467. The van der Waals surface area contributed by atoms with Crippen molar-refractivity contribution < 1.29 is 9.59 Å². The van der Waals surface area contributed by atoms with E-state index in [1.165, 1.54) is 11.5 Å². The van der Waals surface area contributed by atoms with Gasteiger partial charge in [-0.15, -0.1) is 0 Å². The largest absolute Gasteiger partial charge is 0.337 e. The molecule has 2 atom stereocenters. The van der Waals surface area contributed by atoms with E-state index in [0.29, 0.717) is 17.3 Å². The topological polar surface area (TPSA) is 74.7 Å². The SMILES string of the molecule is O=C[B]N1CC2CSC(NC(=O)c3ccccc3)=NC2(c2ccns2)C1. The molecule has 0 spiro atoms. The molecule has 2 aliphatic heterocycles. The summed E-state index contributed by atoms with van der Waals surface area (Å²) in [5.41, 5.74) is 0.137. The number of amidine groups is 1. The molecule has 1 amide bonds. The lowest BCUT2D eigenvalue weighted by Gasteiger charge is -2.34. The third-order valence-electron chi connectivity index (χ3n) is 4.69. The summed E-state index contributed by atoms with van der Waals surface area (Å²) >= 11 is 2.98. The molecule has 0 aliphatic carbocycles. The second-order valence-corrected chi connectivity index (χ2v) is 8.10. The summed E-state index contributed by atoms with van der Waals surface area (Å²) in [6.07, 6.45) is 2.59. The number of fused-ring (bicyclic) bond motifs is 1. The van der Waals surface area contributed by atoms with Gasteiger partial charge in [0.25, 0.3) is 13.3 Å². The molecule has 1 aromatic heterocycles. The molecule has 0 bridgehead atoms. The first-order valence-corrected chi connectivity index (χ1v) is 10.00. The van der Waals surface area contributed by atoms with E-state index >= 15 is 0 Å². The highest BCUT2D eigenvalue weighted by Gasteiger charge is 2.51. The number of hydrogen-bond acceptors (Lipinski definition) is 7. The molecule has 3 heterocycles. The fraction of sp³-hybridized carbons (Fsp3) is 0.294. The van der Waals surface area contributed by atoms with E-state index < -0.39 is 5.54 Å². The molecule has 2 aliphatic rings. The van der Waals surface area contributed by atoms with Crippen molar-refractivity contribution in [2.45, 2.75) is 5.54 Å². The van der Waals surface area contributed by atoms with Crippen molar-refractivity contribution in [3.8, 4) is 0 Å². The first kappa shape index (κ1) is 17.4. The van der Waals surface area contributed by atoms with Gasteiger partial charge in [0, 0.05) is 30.0 Å². The van der Waals surface area contributed by atoms with Gasteiger partial charge in [-0.05, 0) is 36.3 Å². The average Bonchev–Trinajstić information content (AvgIpc) is 3.30. The Morgan fingerprint density at radius 3 is 2.92 bits per heavy atom. The number of nitrogens with one attached hydrogen (secondary N) is 1. The molecule has 1 aromatic carbocycles. The summed E-state index contributed by atoms with van der Waals surface area (Å²) in [5, 5.41) is 3.56. The van der Waals surface area contributed by atoms with E-state index in [0.717, 1.165) is 23.4 Å². The standard InChI is InChI=1S/C17H16BN4O2S2/c23-11-18-22-8-13-9-25-16(20-15(24)12-4-2-1-3-5-12)21-17(13,10-22)14-6-7-19-26-14/h1-7,11,13H,8-10H2,(H,20,21,24). The maximum atomic E-state index is 12.5. The highest BCUT2D eigenvalue weighted by atomic mass is 32.2. The molecule has 1 radical (unpaired) electrons. The summed E-state index contributed by atoms with van der Waals surface area (Å²) in [4.78, 5) is 31.4. The van der Waals surface area contributed by atoms with Gasteiger partial charge in [0.15, 0.2) is 5.17 Å². The average molecular weight is 383 g/mol. The molecule has 2 aromatic rings. The number of rotatable bonds is 4. The van der Waals surface area contributed by atoms with Gasteiger partial charge in [0.1, 0.15) is 5.54 Å². The van der Waals surface area contributed by atoms with Crippen LogP contribution in [0.5, 0.6) is 0 Å². The van der Waals surface area contributed by atoms with Crippen LogP contribution >= 0.6 is 23.3 Å². The number of thioether (sulfide) groups is 1. The zero-order valence-electron chi connectivity index (χ0n) is 13.9. The normalized spacial score (nSPS) is 25.2. The van der Waals surface area contributed by atoms with Crippen LogP contribution in [0.2, 0.25) is 0 Å². The molecule has 0 saturated carbocycles. The van der Waals surface area contributed by atoms with E-state index in [-0.39, 0.29) is 11.8 Å². The monoisotopic (exact) mass is 383 g/mol. The van der Waals surface area contributed by atoms with Crippen LogP contribution in [0, 0.1) is 5.92 Å². The van der Waals surface area contributed by atoms with Crippen LogP contribution in [-0.4, -0.2) is 52.7 Å². The Labute approximate surface area is 160 Å². The number of nitrogens with zero attached hydrogens (tertiary/aromatic N) is 3. The van der Waals surface area contributed by atoms with Crippen LogP contribution in [0.15, 0.2) is 47.6 Å². The summed E-state index contributed by atoms with van der Waals surface area (Å²) < 4.78 is 4.24. The van der Waals surface area contributed by atoms with Gasteiger partial charge in [-0.25, -0.2) is 9.37 Å². The maximum absolute atomic E-state index is 12.5. The predicted molar refractivity (Wildman–Crippen MR) is 105 cm³/mol. The van der Waals surface area contributed by atoms with E-state index in [9.17, 15) is 9.59 Å². The third-order valence-corrected chi connectivity index (χ3v) is 6.64. The highest BCUT2D eigenvalue weighted by Crippen LogP contribution is 2.46. The number of benzene rings is 1. The second-order valence-electron chi connectivity index (χ2n) is 6.26. The van der Waals surface area contributed by atoms with Crippen molar-refractivity contribution in [2.75, 3.05) is 18.8 Å². The quantitative estimate of drug-likeness (QED) is 0.642. The molecular formula is C17H16BN4O2S2. The Balaban J connectivity index is 1.63. The van der Waals surface area contributed by atoms with Crippen LogP contribution in [0.3, 0.4) is 0 Å². The number of amides is 1. The minimum Gasteiger partial charge on any atom is -0.337 e. The van der Waals surface area contributed by atoms with Gasteiger partial charge in [0.2, 0.25) is 0 Å². The van der Waals surface area contributed by atoms with Crippen LogP contribution in [-0.2, 0) is 10.3 Å². The molecule has 1 N–H and O–H groups in total. The van der Waals surface area contributed by atoms with Crippen molar-refractivity contribution in [1.82, 2.24) is 14.5 Å².